The summed E-state index contributed by atoms with van der Waals surface area (Å²) in [5.41, 5.74) is 0.557. The molecule has 3 aromatic rings. The first-order valence-electron chi connectivity index (χ1n) is 7.15. The molecule has 0 fully saturated rings. The molecule has 0 atom stereocenters. The van der Waals surface area contributed by atoms with Crippen LogP contribution in [0, 0.1) is 11.6 Å². The minimum atomic E-state index is -0.826. The summed E-state index contributed by atoms with van der Waals surface area (Å²) < 4.78 is 33.0. The van der Waals surface area contributed by atoms with E-state index >= 15 is 0 Å². The summed E-state index contributed by atoms with van der Waals surface area (Å²) >= 11 is 0. The van der Waals surface area contributed by atoms with Crippen LogP contribution in [0.3, 0.4) is 0 Å². The molecule has 0 saturated heterocycles. The van der Waals surface area contributed by atoms with Gasteiger partial charge in [-0.1, -0.05) is 5.16 Å². The molecule has 0 aliphatic carbocycles. The van der Waals surface area contributed by atoms with Crippen LogP contribution in [0.4, 0.5) is 8.78 Å². The SMILES string of the molecule is CCn1cc(-c2noc(CNC(=O)c3cc(F)cc(F)c3)n2)cn1. The highest BCUT2D eigenvalue weighted by Crippen LogP contribution is 2.14. The van der Waals surface area contributed by atoms with E-state index in [1.165, 1.54) is 0 Å². The lowest BCUT2D eigenvalue weighted by Crippen LogP contribution is -2.23. The summed E-state index contributed by atoms with van der Waals surface area (Å²) in [6.07, 6.45) is 3.37. The van der Waals surface area contributed by atoms with Crippen molar-refractivity contribution in [1.29, 1.82) is 0 Å². The third-order valence-corrected chi connectivity index (χ3v) is 3.21. The number of carbonyl (C=O) groups is 1. The fraction of sp³-hybridized carbons (Fsp3) is 0.200. The Morgan fingerprint density at radius 1 is 1.29 bits per heavy atom. The van der Waals surface area contributed by atoms with Gasteiger partial charge in [0.15, 0.2) is 0 Å². The van der Waals surface area contributed by atoms with Gasteiger partial charge in [-0.2, -0.15) is 10.1 Å². The Balaban J connectivity index is 1.65. The second-order valence-electron chi connectivity index (χ2n) is 4.94. The normalized spacial score (nSPS) is 10.8. The first-order chi connectivity index (χ1) is 11.5. The van der Waals surface area contributed by atoms with Crippen molar-refractivity contribution >= 4 is 5.91 Å². The molecule has 2 heterocycles. The highest BCUT2D eigenvalue weighted by Gasteiger charge is 2.13. The lowest BCUT2D eigenvalue weighted by molar-refractivity contribution is 0.0945. The summed E-state index contributed by atoms with van der Waals surface area (Å²) in [6.45, 7) is 2.60. The fourth-order valence-corrected chi connectivity index (χ4v) is 2.04. The van der Waals surface area contributed by atoms with E-state index in [4.69, 9.17) is 4.52 Å². The molecule has 0 unspecified atom stereocenters. The van der Waals surface area contributed by atoms with Crippen molar-refractivity contribution in [2.45, 2.75) is 20.0 Å². The van der Waals surface area contributed by atoms with Crippen molar-refractivity contribution in [2.24, 2.45) is 0 Å². The van der Waals surface area contributed by atoms with Crippen LogP contribution in [-0.2, 0) is 13.1 Å². The number of hydrogen-bond acceptors (Lipinski definition) is 5. The quantitative estimate of drug-likeness (QED) is 0.773. The van der Waals surface area contributed by atoms with Crippen molar-refractivity contribution in [3.8, 4) is 11.4 Å². The molecule has 2 aromatic heterocycles. The molecular formula is C15H13F2N5O2. The van der Waals surface area contributed by atoms with Crippen LogP contribution in [0.25, 0.3) is 11.4 Å². The molecule has 1 amide bonds. The largest absolute Gasteiger partial charge is 0.343 e. The summed E-state index contributed by atoms with van der Waals surface area (Å²) in [4.78, 5) is 16.0. The summed E-state index contributed by atoms with van der Waals surface area (Å²) in [6, 6.07) is 2.57. The van der Waals surface area contributed by atoms with Gasteiger partial charge >= 0.3 is 0 Å². The lowest BCUT2D eigenvalue weighted by Gasteiger charge is -2.02. The summed E-state index contributed by atoms with van der Waals surface area (Å²) in [7, 11) is 0. The molecule has 24 heavy (non-hydrogen) atoms. The molecule has 0 spiro atoms. The summed E-state index contributed by atoms with van der Waals surface area (Å²) in [5.74, 6) is -1.79. The zero-order chi connectivity index (χ0) is 17.1. The van der Waals surface area contributed by atoms with Gasteiger partial charge in [-0.15, -0.1) is 0 Å². The zero-order valence-electron chi connectivity index (χ0n) is 12.7. The number of nitrogens with zero attached hydrogens (tertiary/aromatic N) is 4. The van der Waals surface area contributed by atoms with Gasteiger partial charge in [0.1, 0.15) is 11.6 Å². The van der Waals surface area contributed by atoms with E-state index in [0.29, 0.717) is 24.0 Å². The van der Waals surface area contributed by atoms with Crippen LogP contribution in [-0.4, -0.2) is 25.8 Å². The zero-order valence-corrected chi connectivity index (χ0v) is 12.7. The van der Waals surface area contributed by atoms with E-state index in [9.17, 15) is 13.6 Å². The number of carbonyl (C=O) groups excluding carboxylic acids is 1. The van der Waals surface area contributed by atoms with Gasteiger partial charge in [-0.25, -0.2) is 8.78 Å². The van der Waals surface area contributed by atoms with Crippen molar-refractivity contribution < 1.29 is 18.1 Å². The number of hydrogen-bond donors (Lipinski definition) is 1. The van der Waals surface area contributed by atoms with Crippen molar-refractivity contribution in [1.82, 2.24) is 25.2 Å². The molecule has 1 aromatic carbocycles. The highest BCUT2D eigenvalue weighted by molar-refractivity contribution is 5.94. The van der Waals surface area contributed by atoms with Gasteiger partial charge < -0.3 is 9.84 Å². The number of benzene rings is 1. The number of halogens is 2. The molecular weight excluding hydrogens is 320 g/mol. The van der Waals surface area contributed by atoms with E-state index in [1.807, 2.05) is 6.92 Å². The van der Waals surface area contributed by atoms with Gasteiger partial charge in [0.2, 0.25) is 11.7 Å². The van der Waals surface area contributed by atoms with Crippen LogP contribution in [0.1, 0.15) is 23.2 Å². The Hall–Kier alpha value is -3.10. The first-order valence-corrected chi connectivity index (χ1v) is 7.15. The average molecular weight is 333 g/mol. The van der Waals surface area contributed by atoms with Crippen molar-refractivity contribution in [3.63, 3.8) is 0 Å². The molecule has 9 heteroatoms. The van der Waals surface area contributed by atoms with Crippen LogP contribution in [0.5, 0.6) is 0 Å². The minimum absolute atomic E-state index is 0.0636. The Labute approximate surface area is 135 Å². The van der Waals surface area contributed by atoms with Gasteiger partial charge in [-0.05, 0) is 19.1 Å². The maximum Gasteiger partial charge on any atom is 0.251 e. The predicted octanol–water partition coefficient (Wildman–Crippen LogP) is 2.16. The number of aryl methyl sites for hydroxylation is 1. The monoisotopic (exact) mass is 333 g/mol. The fourth-order valence-electron chi connectivity index (χ4n) is 2.04. The number of rotatable bonds is 5. The van der Waals surface area contributed by atoms with Crippen molar-refractivity contribution in [3.05, 3.63) is 53.7 Å². The van der Waals surface area contributed by atoms with Crippen LogP contribution in [0.2, 0.25) is 0 Å². The van der Waals surface area contributed by atoms with Crippen LogP contribution >= 0.6 is 0 Å². The van der Waals surface area contributed by atoms with Crippen LogP contribution in [0.15, 0.2) is 35.1 Å². The maximum atomic E-state index is 13.1. The molecule has 1 N–H and O–H groups in total. The first kappa shape index (κ1) is 15.8. The second-order valence-corrected chi connectivity index (χ2v) is 4.94. The molecule has 3 rings (SSSR count). The van der Waals surface area contributed by atoms with E-state index in [1.54, 1.807) is 17.1 Å². The molecule has 0 aliphatic rings. The number of aromatic nitrogens is 4. The third kappa shape index (κ3) is 3.45. The van der Waals surface area contributed by atoms with E-state index in [2.05, 4.69) is 20.6 Å². The predicted molar refractivity (Wildman–Crippen MR) is 78.7 cm³/mol. The number of amides is 1. The van der Waals surface area contributed by atoms with E-state index in [-0.39, 0.29) is 18.0 Å². The molecule has 124 valence electrons. The Kier molecular flexibility index (Phi) is 4.32. The molecule has 7 nitrogen and oxygen atoms in total. The Morgan fingerprint density at radius 3 is 2.71 bits per heavy atom. The Bertz CT molecular complexity index is 854. The topological polar surface area (TPSA) is 85.8 Å². The molecule has 0 saturated carbocycles. The lowest BCUT2D eigenvalue weighted by atomic mass is 10.2. The van der Waals surface area contributed by atoms with Gasteiger partial charge in [0.05, 0.1) is 18.3 Å². The highest BCUT2D eigenvalue weighted by atomic mass is 19.1. The average Bonchev–Trinajstić information content (AvgIpc) is 3.20. The Morgan fingerprint density at radius 2 is 2.04 bits per heavy atom. The van der Waals surface area contributed by atoms with Crippen molar-refractivity contribution in [2.75, 3.05) is 0 Å². The summed E-state index contributed by atoms with van der Waals surface area (Å²) in [5, 5.41) is 10.4. The van der Waals surface area contributed by atoms with Gasteiger partial charge in [-0.3, -0.25) is 9.48 Å². The standard InChI is InChI=1S/C15H13F2N5O2/c1-2-22-8-10(6-19-22)14-20-13(24-21-14)7-18-15(23)9-3-11(16)5-12(17)4-9/h3-6,8H,2,7H2,1H3,(H,18,23). The van der Waals surface area contributed by atoms with Crippen LogP contribution < -0.4 is 5.32 Å². The van der Waals surface area contributed by atoms with E-state index in [0.717, 1.165) is 12.1 Å². The maximum absolute atomic E-state index is 13.1. The van der Waals surface area contributed by atoms with Gasteiger partial charge in [0, 0.05) is 24.4 Å². The third-order valence-electron chi connectivity index (χ3n) is 3.21. The smallest absolute Gasteiger partial charge is 0.251 e. The molecule has 0 bridgehead atoms. The van der Waals surface area contributed by atoms with E-state index < -0.39 is 17.5 Å². The minimum Gasteiger partial charge on any atom is -0.343 e. The van der Waals surface area contributed by atoms with Gasteiger partial charge in [0.25, 0.3) is 5.91 Å². The molecule has 0 aliphatic heterocycles. The second kappa shape index (κ2) is 6.57. The number of nitrogens with one attached hydrogen (secondary N) is 1. The molecule has 0 radical (unpaired) electrons.